The zero-order valence-corrected chi connectivity index (χ0v) is 16.6. The van der Waals surface area contributed by atoms with E-state index in [1.165, 1.54) is 0 Å². The molecule has 1 atom stereocenters. The number of hydrogen-bond donors (Lipinski definition) is 1. The van der Waals surface area contributed by atoms with Crippen molar-refractivity contribution in [1.82, 2.24) is 15.2 Å². The molecule has 0 fully saturated rings. The highest BCUT2D eigenvalue weighted by Gasteiger charge is 2.12. The van der Waals surface area contributed by atoms with E-state index in [-0.39, 0.29) is 11.9 Å². The molecule has 0 bridgehead atoms. The zero-order valence-electron chi connectivity index (χ0n) is 16.6. The molecule has 0 saturated carbocycles. The van der Waals surface area contributed by atoms with Crippen molar-refractivity contribution in [3.8, 4) is 22.8 Å². The van der Waals surface area contributed by atoms with Crippen LogP contribution < -0.4 is 14.8 Å². The maximum absolute atomic E-state index is 12.0. The lowest BCUT2D eigenvalue weighted by Gasteiger charge is -2.26. The predicted octanol–water partition coefficient (Wildman–Crippen LogP) is 3.97. The SMILES string of the molecule is CCOc1ccc(-c2ccc(OC(=O)NCC(C)N(CC)CC)nc2)cc1. The Hall–Kier alpha value is -2.60. The number of nitrogens with zero attached hydrogens (tertiary/aromatic N) is 2. The van der Waals surface area contributed by atoms with E-state index in [0.717, 1.165) is 30.0 Å². The van der Waals surface area contributed by atoms with Gasteiger partial charge in [0.25, 0.3) is 0 Å². The molecule has 0 aliphatic heterocycles. The third kappa shape index (κ3) is 6.25. The summed E-state index contributed by atoms with van der Waals surface area (Å²) in [7, 11) is 0. The van der Waals surface area contributed by atoms with Gasteiger partial charge in [0.2, 0.25) is 5.88 Å². The lowest BCUT2D eigenvalue weighted by atomic mass is 10.1. The zero-order chi connectivity index (χ0) is 19.6. The normalized spacial score (nSPS) is 11.9. The van der Waals surface area contributed by atoms with Crippen LogP contribution in [0.1, 0.15) is 27.7 Å². The Bertz CT molecular complexity index is 698. The molecule has 2 rings (SSSR count). The van der Waals surface area contributed by atoms with Crippen LogP contribution in [-0.4, -0.2) is 48.3 Å². The molecule has 1 unspecified atom stereocenters. The summed E-state index contributed by atoms with van der Waals surface area (Å²) in [4.78, 5) is 18.5. The molecule has 6 nitrogen and oxygen atoms in total. The highest BCUT2D eigenvalue weighted by molar-refractivity contribution is 5.70. The minimum absolute atomic E-state index is 0.252. The molecular formula is C21H29N3O3. The Balaban J connectivity index is 1.88. The van der Waals surface area contributed by atoms with E-state index in [1.54, 1.807) is 12.3 Å². The van der Waals surface area contributed by atoms with Crippen LogP contribution in [0.25, 0.3) is 11.1 Å². The molecule has 1 heterocycles. The summed E-state index contributed by atoms with van der Waals surface area (Å²) < 4.78 is 10.7. The van der Waals surface area contributed by atoms with Gasteiger partial charge < -0.3 is 14.8 Å². The van der Waals surface area contributed by atoms with Gasteiger partial charge in [0.1, 0.15) is 5.75 Å². The van der Waals surface area contributed by atoms with Crippen molar-refractivity contribution in [2.75, 3.05) is 26.2 Å². The fraction of sp³-hybridized carbons (Fsp3) is 0.429. The number of ether oxygens (including phenoxy) is 2. The molecule has 0 radical (unpaired) electrons. The van der Waals surface area contributed by atoms with Crippen LogP contribution in [0, 0.1) is 0 Å². The van der Waals surface area contributed by atoms with Crippen molar-refractivity contribution in [3.63, 3.8) is 0 Å². The summed E-state index contributed by atoms with van der Waals surface area (Å²) >= 11 is 0. The second-order valence-corrected chi connectivity index (χ2v) is 6.18. The molecule has 0 spiro atoms. The molecule has 1 amide bonds. The molecule has 0 saturated heterocycles. The molecule has 1 aromatic heterocycles. The number of carbonyl (C=O) groups is 1. The first-order valence-electron chi connectivity index (χ1n) is 9.46. The molecule has 2 aromatic rings. The first kappa shape index (κ1) is 20.7. The monoisotopic (exact) mass is 371 g/mol. The Morgan fingerprint density at radius 1 is 1.07 bits per heavy atom. The van der Waals surface area contributed by atoms with Gasteiger partial charge in [0.05, 0.1) is 6.61 Å². The fourth-order valence-electron chi connectivity index (χ4n) is 2.86. The molecular weight excluding hydrogens is 342 g/mol. The summed E-state index contributed by atoms with van der Waals surface area (Å²) in [5.41, 5.74) is 1.97. The highest BCUT2D eigenvalue weighted by atomic mass is 16.6. The largest absolute Gasteiger partial charge is 0.494 e. The Kier molecular flexibility index (Phi) is 8.07. The van der Waals surface area contributed by atoms with Crippen molar-refractivity contribution in [3.05, 3.63) is 42.6 Å². The van der Waals surface area contributed by atoms with Gasteiger partial charge in [-0.2, -0.15) is 0 Å². The van der Waals surface area contributed by atoms with Crippen molar-refractivity contribution < 1.29 is 14.3 Å². The molecule has 1 N–H and O–H groups in total. The van der Waals surface area contributed by atoms with Gasteiger partial charge in [-0.25, -0.2) is 9.78 Å². The third-order valence-corrected chi connectivity index (χ3v) is 4.41. The summed E-state index contributed by atoms with van der Waals surface area (Å²) in [5, 5.41) is 2.79. The summed E-state index contributed by atoms with van der Waals surface area (Å²) in [6, 6.07) is 11.6. The van der Waals surface area contributed by atoms with Crippen molar-refractivity contribution in [1.29, 1.82) is 0 Å². The van der Waals surface area contributed by atoms with E-state index in [0.29, 0.717) is 13.2 Å². The number of likely N-dealkylation sites (N-methyl/N-ethyl adjacent to an activating group) is 1. The minimum atomic E-state index is -0.490. The number of pyridine rings is 1. The second-order valence-electron chi connectivity index (χ2n) is 6.18. The lowest BCUT2D eigenvalue weighted by Crippen LogP contribution is -2.42. The van der Waals surface area contributed by atoms with Crippen LogP contribution in [0.2, 0.25) is 0 Å². The van der Waals surface area contributed by atoms with E-state index >= 15 is 0 Å². The number of nitrogens with one attached hydrogen (secondary N) is 1. The molecule has 1 aromatic carbocycles. The van der Waals surface area contributed by atoms with Gasteiger partial charge in [0, 0.05) is 30.4 Å². The molecule has 27 heavy (non-hydrogen) atoms. The Morgan fingerprint density at radius 3 is 2.30 bits per heavy atom. The lowest BCUT2D eigenvalue weighted by molar-refractivity contribution is 0.186. The maximum atomic E-state index is 12.0. The third-order valence-electron chi connectivity index (χ3n) is 4.41. The number of aromatic nitrogens is 1. The van der Waals surface area contributed by atoms with E-state index in [9.17, 15) is 4.79 Å². The van der Waals surface area contributed by atoms with Crippen LogP contribution in [0.5, 0.6) is 11.6 Å². The van der Waals surface area contributed by atoms with Gasteiger partial charge in [0.15, 0.2) is 0 Å². The number of carbonyl (C=O) groups excluding carboxylic acids is 1. The Labute approximate surface area is 161 Å². The summed E-state index contributed by atoms with van der Waals surface area (Å²) in [6.07, 6.45) is 1.20. The second kappa shape index (κ2) is 10.5. The van der Waals surface area contributed by atoms with Gasteiger partial charge in [-0.05, 0) is 50.7 Å². The van der Waals surface area contributed by atoms with Gasteiger partial charge in [-0.3, -0.25) is 4.90 Å². The standard InChI is InChI=1S/C21H29N3O3/c1-5-24(6-2)16(4)14-23-21(25)27-20-13-10-18(15-22-20)17-8-11-19(12-9-17)26-7-3/h8-13,15-16H,5-7,14H2,1-4H3,(H,23,25). The average molecular weight is 371 g/mol. The average Bonchev–Trinajstić information content (AvgIpc) is 2.69. The Morgan fingerprint density at radius 2 is 1.74 bits per heavy atom. The quantitative estimate of drug-likeness (QED) is 0.723. The first-order valence-corrected chi connectivity index (χ1v) is 9.46. The summed E-state index contributed by atoms with van der Waals surface area (Å²) in [5.74, 6) is 1.11. The van der Waals surface area contributed by atoms with Crippen molar-refractivity contribution in [2.45, 2.75) is 33.7 Å². The molecule has 6 heteroatoms. The topological polar surface area (TPSA) is 63.7 Å². The van der Waals surface area contributed by atoms with E-state index in [4.69, 9.17) is 9.47 Å². The van der Waals surface area contributed by atoms with E-state index in [2.05, 4.69) is 36.0 Å². The van der Waals surface area contributed by atoms with Gasteiger partial charge in [-0.15, -0.1) is 0 Å². The van der Waals surface area contributed by atoms with Crippen LogP contribution in [-0.2, 0) is 0 Å². The number of benzene rings is 1. The van der Waals surface area contributed by atoms with Gasteiger partial charge >= 0.3 is 6.09 Å². The number of amides is 1. The number of hydrogen-bond acceptors (Lipinski definition) is 5. The van der Waals surface area contributed by atoms with Crippen molar-refractivity contribution >= 4 is 6.09 Å². The van der Waals surface area contributed by atoms with Crippen LogP contribution in [0.3, 0.4) is 0 Å². The first-order chi connectivity index (χ1) is 13.1. The fourth-order valence-corrected chi connectivity index (χ4v) is 2.86. The van der Waals surface area contributed by atoms with Crippen LogP contribution in [0.4, 0.5) is 4.79 Å². The van der Waals surface area contributed by atoms with Crippen LogP contribution >= 0.6 is 0 Å². The number of rotatable bonds is 9. The predicted molar refractivity (Wildman–Crippen MR) is 107 cm³/mol. The van der Waals surface area contributed by atoms with E-state index < -0.39 is 6.09 Å². The summed E-state index contributed by atoms with van der Waals surface area (Å²) in [6.45, 7) is 11.3. The minimum Gasteiger partial charge on any atom is -0.494 e. The smallest absolute Gasteiger partial charge is 0.413 e. The van der Waals surface area contributed by atoms with E-state index in [1.807, 2.05) is 37.3 Å². The molecule has 0 aliphatic rings. The highest BCUT2D eigenvalue weighted by Crippen LogP contribution is 2.23. The molecule has 0 aliphatic carbocycles. The maximum Gasteiger partial charge on any atom is 0.413 e. The van der Waals surface area contributed by atoms with Gasteiger partial charge in [-0.1, -0.05) is 26.0 Å². The van der Waals surface area contributed by atoms with Crippen LogP contribution in [0.15, 0.2) is 42.6 Å². The molecule has 146 valence electrons. The van der Waals surface area contributed by atoms with Crippen molar-refractivity contribution in [2.24, 2.45) is 0 Å².